The molecule has 7 heteroatoms. The molecule has 26 heavy (non-hydrogen) atoms. The van der Waals surface area contributed by atoms with Gasteiger partial charge in [0.25, 0.3) is 0 Å². The highest BCUT2D eigenvalue weighted by Crippen LogP contribution is 2.32. The van der Waals surface area contributed by atoms with E-state index in [0.717, 1.165) is 39.6 Å². The minimum absolute atomic E-state index is 0.514. The van der Waals surface area contributed by atoms with E-state index in [-0.39, 0.29) is 0 Å². The fourth-order valence-corrected chi connectivity index (χ4v) is 3.39. The third-order valence-electron chi connectivity index (χ3n) is 3.89. The van der Waals surface area contributed by atoms with Crippen LogP contribution in [0.25, 0.3) is 21.9 Å². The number of hydrogen-bond donors (Lipinski definition) is 2. The smallest absolute Gasteiger partial charge is 0.229 e. The Balaban J connectivity index is 1.78. The number of sulfonamides is 1. The summed E-state index contributed by atoms with van der Waals surface area (Å²) in [7, 11) is -3.30. The second-order valence-electron chi connectivity index (χ2n) is 5.95. The first-order valence-corrected chi connectivity index (χ1v) is 9.87. The lowest BCUT2D eigenvalue weighted by molar-refractivity contribution is 0.607. The van der Waals surface area contributed by atoms with Gasteiger partial charge >= 0.3 is 0 Å². The summed E-state index contributed by atoms with van der Waals surface area (Å²) < 4.78 is 25.1. The number of nitrogens with zero attached hydrogens (tertiary/aromatic N) is 2. The highest BCUT2D eigenvalue weighted by atomic mass is 32.2. The van der Waals surface area contributed by atoms with Gasteiger partial charge in [-0.3, -0.25) is 9.71 Å². The zero-order valence-electron chi connectivity index (χ0n) is 14.0. The Morgan fingerprint density at radius 1 is 0.846 bits per heavy atom. The number of para-hydroxylation sites is 1. The van der Waals surface area contributed by atoms with Crippen LogP contribution >= 0.6 is 0 Å². The number of hydrogen-bond acceptors (Lipinski definition) is 5. The van der Waals surface area contributed by atoms with Crippen LogP contribution in [0.1, 0.15) is 0 Å². The summed E-state index contributed by atoms with van der Waals surface area (Å²) in [5.74, 6) is 0. The number of benzene rings is 2. The Kier molecular flexibility index (Phi) is 3.93. The molecule has 0 saturated carbocycles. The molecule has 0 radical (unpaired) electrons. The van der Waals surface area contributed by atoms with E-state index in [2.05, 4.69) is 20.0 Å². The average Bonchev–Trinajstić information content (AvgIpc) is 2.62. The average molecular weight is 364 g/mol. The highest BCUT2D eigenvalue weighted by molar-refractivity contribution is 7.92. The van der Waals surface area contributed by atoms with Crippen molar-refractivity contribution < 1.29 is 8.42 Å². The fourth-order valence-electron chi connectivity index (χ4n) is 2.83. The zero-order valence-corrected chi connectivity index (χ0v) is 14.8. The quantitative estimate of drug-likeness (QED) is 0.537. The van der Waals surface area contributed by atoms with Gasteiger partial charge in [0.05, 0.1) is 23.0 Å². The van der Waals surface area contributed by atoms with Crippen LogP contribution in [0.4, 0.5) is 17.1 Å². The monoisotopic (exact) mass is 364 g/mol. The number of fused-ring (bicyclic) bond motifs is 2. The number of rotatable bonds is 4. The van der Waals surface area contributed by atoms with E-state index in [4.69, 9.17) is 0 Å². The summed E-state index contributed by atoms with van der Waals surface area (Å²) >= 11 is 0. The molecule has 0 bridgehead atoms. The van der Waals surface area contributed by atoms with Gasteiger partial charge < -0.3 is 5.32 Å². The SMILES string of the molecule is CS(=O)(=O)Nc1ccc(Nc2c3ccccc3nc3cccnc23)cc1. The van der Waals surface area contributed by atoms with Crippen molar-refractivity contribution in [2.75, 3.05) is 16.3 Å². The van der Waals surface area contributed by atoms with Crippen LogP contribution < -0.4 is 10.0 Å². The molecule has 0 spiro atoms. The van der Waals surface area contributed by atoms with E-state index in [1.165, 1.54) is 0 Å². The Labute approximate surface area is 151 Å². The standard InChI is InChI=1S/C19H16N4O2S/c1-26(24,25)23-14-10-8-13(9-11-14)21-18-15-5-2-3-6-16(15)22-17-7-4-12-20-19(17)18/h2-12,23H,1H3,(H,21,22). The molecule has 2 aromatic heterocycles. The largest absolute Gasteiger partial charge is 0.353 e. The third-order valence-corrected chi connectivity index (χ3v) is 4.50. The first-order chi connectivity index (χ1) is 12.5. The first-order valence-electron chi connectivity index (χ1n) is 7.98. The number of nitrogens with one attached hydrogen (secondary N) is 2. The fraction of sp³-hybridized carbons (Fsp3) is 0.0526. The Hall–Kier alpha value is -3.19. The maximum atomic E-state index is 11.3. The number of anilines is 3. The molecule has 0 atom stereocenters. The third kappa shape index (κ3) is 3.29. The summed E-state index contributed by atoms with van der Waals surface area (Å²) in [5, 5.41) is 4.37. The van der Waals surface area contributed by atoms with Crippen LogP contribution in [-0.2, 0) is 10.0 Å². The lowest BCUT2D eigenvalue weighted by atomic mass is 10.1. The molecule has 0 amide bonds. The van der Waals surface area contributed by atoms with Gasteiger partial charge in [0.15, 0.2) is 0 Å². The van der Waals surface area contributed by atoms with Gasteiger partial charge in [-0.25, -0.2) is 13.4 Å². The lowest BCUT2D eigenvalue weighted by Gasteiger charge is -2.13. The summed E-state index contributed by atoms with van der Waals surface area (Å²) in [6, 6.07) is 18.7. The van der Waals surface area contributed by atoms with Crippen LogP contribution in [-0.4, -0.2) is 24.6 Å². The van der Waals surface area contributed by atoms with Gasteiger partial charge in [-0.1, -0.05) is 18.2 Å². The zero-order chi connectivity index (χ0) is 18.1. The van der Waals surface area contributed by atoms with Crippen molar-refractivity contribution in [3.05, 3.63) is 66.9 Å². The Morgan fingerprint density at radius 2 is 1.54 bits per heavy atom. The lowest BCUT2D eigenvalue weighted by Crippen LogP contribution is -2.09. The van der Waals surface area contributed by atoms with Gasteiger partial charge in [0.2, 0.25) is 10.0 Å². The molecule has 0 saturated heterocycles. The molecule has 0 aliphatic rings. The van der Waals surface area contributed by atoms with Crippen LogP contribution in [0.5, 0.6) is 0 Å². The molecular weight excluding hydrogens is 348 g/mol. The maximum absolute atomic E-state index is 11.3. The topological polar surface area (TPSA) is 84.0 Å². The van der Waals surface area contributed by atoms with Crippen molar-refractivity contribution in [2.45, 2.75) is 0 Å². The molecule has 0 unspecified atom stereocenters. The van der Waals surface area contributed by atoms with E-state index < -0.39 is 10.0 Å². The summed E-state index contributed by atoms with van der Waals surface area (Å²) in [6.45, 7) is 0. The van der Waals surface area contributed by atoms with Crippen molar-refractivity contribution in [1.29, 1.82) is 0 Å². The van der Waals surface area contributed by atoms with Crippen LogP contribution in [0.3, 0.4) is 0 Å². The summed E-state index contributed by atoms with van der Waals surface area (Å²) in [5.41, 5.74) is 4.68. The molecule has 2 heterocycles. The van der Waals surface area contributed by atoms with Crippen molar-refractivity contribution in [3.8, 4) is 0 Å². The van der Waals surface area contributed by atoms with E-state index in [1.807, 2.05) is 48.5 Å². The van der Waals surface area contributed by atoms with Gasteiger partial charge in [-0.2, -0.15) is 0 Å². The van der Waals surface area contributed by atoms with Crippen molar-refractivity contribution in [3.63, 3.8) is 0 Å². The summed E-state index contributed by atoms with van der Waals surface area (Å²) in [4.78, 5) is 9.13. The predicted octanol–water partition coefficient (Wildman–Crippen LogP) is 3.90. The molecule has 0 fully saturated rings. The van der Waals surface area contributed by atoms with E-state index in [0.29, 0.717) is 5.69 Å². The van der Waals surface area contributed by atoms with Crippen molar-refractivity contribution in [2.24, 2.45) is 0 Å². The van der Waals surface area contributed by atoms with Gasteiger partial charge in [-0.15, -0.1) is 0 Å². The molecule has 0 aliphatic heterocycles. The van der Waals surface area contributed by atoms with Gasteiger partial charge in [0.1, 0.15) is 5.52 Å². The number of pyridine rings is 2. The molecule has 2 N–H and O–H groups in total. The number of aromatic nitrogens is 2. The highest BCUT2D eigenvalue weighted by Gasteiger charge is 2.10. The molecule has 4 rings (SSSR count). The van der Waals surface area contributed by atoms with Gasteiger partial charge in [-0.05, 0) is 42.5 Å². The molecule has 6 nitrogen and oxygen atoms in total. The van der Waals surface area contributed by atoms with Crippen LogP contribution in [0, 0.1) is 0 Å². The Bertz CT molecular complexity index is 1150. The van der Waals surface area contributed by atoms with E-state index in [1.54, 1.807) is 18.3 Å². The molecular formula is C19H16N4O2S. The molecule has 130 valence electrons. The van der Waals surface area contributed by atoms with Crippen molar-refractivity contribution >= 4 is 49.0 Å². The van der Waals surface area contributed by atoms with Crippen molar-refractivity contribution in [1.82, 2.24) is 9.97 Å². The minimum Gasteiger partial charge on any atom is -0.353 e. The minimum atomic E-state index is -3.30. The second kappa shape index (κ2) is 6.27. The van der Waals surface area contributed by atoms with E-state index >= 15 is 0 Å². The Morgan fingerprint density at radius 3 is 2.31 bits per heavy atom. The molecule has 0 aliphatic carbocycles. The van der Waals surface area contributed by atoms with E-state index in [9.17, 15) is 8.42 Å². The first kappa shape index (κ1) is 16.3. The normalized spacial score (nSPS) is 11.6. The van der Waals surface area contributed by atoms with Crippen LogP contribution in [0.2, 0.25) is 0 Å². The maximum Gasteiger partial charge on any atom is 0.229 e. The predicted molar refractivity (Wildman–Crippen MR) is 105 cm³/mol. The molecule has 2 aromatic carbocycles. The molecule has 4 aromatic rings. The van der Waals surface area contributed by atoms with Crippen LogP contribution in [0.15, 0.2) is 66.9 Å². The van der Waals surface area contributed by atoms with Gasteiger partial charge in [0, 0.05) is 23.0 Å². The second-order valence-corrected chi connectivity index (χ2v) is 7.70. The summed E-state index contributed by atoms with van der Waals surface area (Å²) in [6.07, 6.45) is 2.86.